The van der Waals surface area contributed by atoms with E-state index >= 15 is 0 Å². The minimum Gasteiger partial charge on any atom is -0.377 e. The zero-order valence-electron chi connectivity index (χ0n) is 12.8. The van der Waals surface area contributed by atoms with Gasteiger partial charge in [-0.25, -0.2) is 9.97 Å². The third kappa shape index (κ3) is 4.07. The number of rotatable bonds is 7. The van der Waals surface area contributed by atoms with Gasteiger partial charge in [0.05, 0.1) is 0 Å². The predicted molar refractivity (Wildman–Crippen MR) is 82.0 cm³/mol. The summed E-state index contributed by atoms with van der Waals surface area (Å²) < 4.78 is 5.13. The lowest BCUT2D eigenvalue weighted by molar-refractivity contribution is 0.178. The van der Waals surface area contributed by atoms with Crippen LogP contribution >= 0.6 is 0 Å². The van der Waals surface area contributed by atoms with E-state index < -0.39 is 0 Å². The van der Waals surface area contributed by atoms with E-state index in [2.05, 4.69) is 34.4 Å². The maximum Gasteiger partial charge on any atom is 0.158 e. The van der Waals surface area contributed by atoms with Crippen LogP contribution < -0.4 is 10.6 Å². The number of nitrogens with zero attached hydrogens (tertiary/aromatic N) is 2. The first-order valence-electron chi connectivity index (χ1n) is 7.50. The fourth-order valence-corrected chi connectivity index (χ4v) is 2.76. The fraction of sp³-hybridized carbons (Fsp3) is 0.733. The first kappa shape index (κ1) is 15.0. The van der Waals surface area contributed by atoms with Crippen LogP contribution in [-0.2, 0) is 11.3 Å². The van der Waals surface area contributed by atoms with Gasteiger partial charge in [0.2, 0.25) is 0 Å². The molecule has 0 saturated heterocycles. The van der Waals surface area contributed by atoms with Crippen molar-refractivity contribution in [1.82, 2.24) is 9.97 Å². The van der Waals surface area contributed by atoms with Gasteiger partial charge in [-0.2, -0.15) is 0 Å². The molecule has 0 aromatic carbocycles. The first-order chi connectivity index (χ1) is 9.65. The lowest BCUT2D eigenvalue weighted by Gasteiger charge is -2.24. The molecule has 1 heterocycles. The van der Waals surface area contributed by atoms with Crippen molar-refractivity contribution in [2.45, 2.75) is 46.1 Å². The summed E-state index contributed by atoms with van der Waals surface area (Å²) >= 11 is 0. The Kier molecular flexibility index (Phi) is 5.17. The smallest absolute Gasteiger partial charge is 0.158 e. The van der Waals surface area contributed by atoms with E-state index in [1.807, 2.05) is 6.07 Å². The summed E-state index contributed by atoms with van der Waals surface area (Å²) in [5, 5.41) is 6.72. The van der Waals surface area contributed by atoms with Gasteiger partial charge in [-0.15, -0.1) is 0 Å². The van der Waals surface area contributed by atoms with E-state index in [1.54, 1.807) is 7.11 Å². The molecule has 112 valence electrons. The maximum atomic E-state index is 5.13. The van der Waals surface area contributed by atoms with Crippen molar-refractivity contribution in [3.63, 3.8) is 0 Å². The molecule has 1 aliphatic rings. The minimum absolute atomic E-state index is 0.407. The highest BCUT2D eigenvalue weighted by Crippen LogP contribution is 2.37. The van der Waals surface area contributed by atoms with Crippen molar-refractivity contribution in [1.29, 1.82) is 0 Å². The standard InChI is InChI=1S/C15H26N4O/c1-4-16-12-9-13(19-14(18-12)10-20-3)17-11-15(2)7-5-6-8-15/h9H,4-8,10-11H2,1-3H3,(H2,16,17,18,19). The van der Waals surface area contributed by atoms with E-state index in [1.165, 1.54) is 25.7 Å². The number of nitrogens with one attached hydrogen (secondary N) is 2. The molecule has 0 atom stereocenters. The highest BCUT2D eigenvalue weighted by molar-refractivity contribution is 5.47. The molecule has 0 unspecified atom stereocenters. The quantitative estimate of drug-likeness (QED) is 0.803. The lowest BCUT2D eigenvalue weighted by atomic mass is 9.89. The normalized spacial score (nSPS) is 17.1. The molecule has 0 spiro atoms. The van der Waals surface area contributed by atoms with Gasteiger partial charge in [0.1, 0.15) is 18.2 Å². The average Bonchev–Trinajstić information content (AvgIpc) is 2.85. The van der Waals surface area contributed by atoms with Gasteiger partial charge < -0.3 is 15.4 Å². The Bertz CT molecular complexity index is 406. The van der Waals surface area contributed by atoms with Gasteiger partial charge >= 0.3 is 0 Å². The SMILES string of the molecule is CCNc1cc(NCC2(C)CCCC2)nc(COC)n1. The Hall–Kier alpha value is -1.36. The van der Waals surface area contributed by atoms with E-state index in [-0.39, 0.29) is 0 Å². The molecule has 20 heavy (non-hydrogen) atoms. The summed E-state index contributed by atoms with van der Waals surface area (Å²) in [6, 6.07) is 1.97. The van der Waals surface area contributed by atoms with Crippen LogP contribution in [0.1, 0.15) is 45.4 Å². The van der Waals surface area contributed by atoms with Crippen molar-refractivity contribution in [3.8, 4) is 0 Å². The zero-order valence-corrected chi connectivity index (χ0v) is 12.8. The monoisotopic (exact) mass is 278 g/mol. The third-order valence-corrected chi connectivity index (χ3v) is 3.91. The molecule has 5 heteroatoms. The second-order valence-corrected chi connectivity index (χ2v) is 5.89. The molecule has 0 amide bonds. The predicted octanol–water partition coefficient (Wildman–Crippen LogP) is 3.05. The molecule has 5 nitrogen and oxygen atoms in total. The lowest BCUT2D eigenvalue weighted by Crippen LogP contribution is -2.23. The summed E-state index contributed by atoms with van der Waals surface area (Å²) in [5.41, 5.74) is 0.407. The molecule has 2 rings (SSSR count). The largest absolute Gasteiger partial charge is 0.377 e. The Labute approximate surface area is 121 Å². The van der Waals surface area contributed by atoms with E-state index in [0.717, 1.165) is 24.7 Å². The summed E-state index contributed by atoms with van der Waals surface area (Å²) in [4.78, 5) is 8.93. The van der Waals surface area contributed by atoms with E-state index in [0.29, 0.717) is 17.8 Å². The van der Waals surface area contributed by atoms with Gasteiger partial charge in [-0.05, 0) is 25.2 Å². The number of methoxy groups -OCH3 is 1. The summed E-state index contributed by atoms with van der Waals surface area (Å²) in [7, 11) is 1.66. The molecular formula is C15H26N4O. The van der Waals surface area contributed by atoms with E-state index in [4.69, 9.17) is 4.74 Å². The topological polar surface area (TPSA) is 59.1 Å². The molecule has 1 aromatic rings. The highest BCUT2D eigenvalue weighted by atomic mass is 16.5. The van der Waals surface area contributed by atoms with Gasteiger partial charge in [0.15, 0.2) is 5.82 Å². The second kappa shape index (κ2) is 6.88. The molecular weight excluding hydrogens is 252 g/mol. The number of aromatic nitrogens is 2. The number of hydrogen-bond acceptors (Lipinski definition) is 5. The molecule has 1 saturated carbocycles. The third-order valence-electron chi connectivity index (χ3n) is 3.91. The molecule has 1 aliphatic carbocycles. The Morgan fingerprint density at radius 3 is 2.45 bits per heavy atom. The van der Waals surface area contributed by atoms with Crippen LogP contribution in [0.5, 0.6) is 0 Å². The Morgan fingerprint density at radius 2 is 1.85 bits per heavy atom. The fourth-order valence-electron chi connectivity index (χ4n) is 2.76. The molecule has 0 bridgehead atoms. The molecule has 0 radical (unpaired) electrons. The van der Waals surface area contributed by atoms with Gasteiger partial charge in [-0.1, -0.05) is 19.8 Å². The van der Waals surface area contributed by atoms with Crippen LogP contribution in [0, 0.1) is 5.41 Å². The first-order valence-corrected chi connectivity index (χ1v) is 7.50. The van der Waals surface area contributed by atoms with Crippen molar-refractivity contribution in [2.75, 3.05) is 30.8 Å². The number of ether oxygens (including phenoxy) is 1. The summed E-state index contributed by atoms with van der Waals surface area (Å²) in [6.07, 6.45) is 5.30. The Balaban J connectivity index is 2.05. The number of anilines is 2. The van der Waals surface area contributed by atoms with Crippen LogP contribution in [0.3, 0.4) is 0 Å². The molecule has 0 aliphatic heterocycles. The highest BCUT2D eigenvalue weighted by Gasteiger charge is 2.28. The van der Waals surface area contributed by atoms with Crippen LogP contribution in [-0.4, -0.2) is 30.2 Å². The van der Waals surface area contributed by atoms with Crippen LogP contribution in [0.25, 0.3) is 0 Å². The maximum absolute atomic E-state index is 5.13. The van der Waals surface area contributed by atoms with Gasteiger partial charge in [0.25, 0.3) is 0 Å². The molecule has 1 aromatic heterocycles. The molecule has 1 fully saturated rings. The zero-order chi connectivity index (χ0) is 14.4. The Morgan fingerprint density at radius 1 is 1.20 bits per heavy atom. The van der Waals surface area contributed by atoms with Crippen LogP contribution in [0.15, 0.2) is 6.07 Å². The van der Waals surface area contributed by atoms with Crippen molar-refractivity contribution in [3.05, 3.63) is 11.9 Å². The average molecular weight is 278 g/mol. The van der Waals surface area contributed by atoms with Crippen LogP contribution in [0.2, 0.25) is 0 Å². The van der Waals surface area contributed by atoms with Gasteiger partial charge in [0, 0.05) is 26.3 Å². The van der Waals surface area contributed by atoms with Crippen molar-refractivity contribution in [2.24, 2.45) is 5.41 Å². The summed E-state index contributed by atoms with van der Waals surface area (Å²) in [6.45, 7) is 6.67. The van der Waals surface area contributed by atoms with Crippen LogP contribution in [0.4, 0.5) is 11.6 Å². The van der Waals surface area contributed by atoms with E-state index in [9.17, 15) is 0 Å². The van der Waals surface area contributed by atoms with Gasteiger partial charge in [-0.3, -0.25) is 0 Å². The van der Waals surface area contributed by atoms with Crippen molar-refractivity contribution < 1.29 is 4.74 Å². The van der Waals surface area contributed by atoms with Crippen molar-refractivity contribution >= 4 is 11.6 Å². The second-order valence-electron chi connectivity index (χ2n) is 5.89. The molecule has 2 N–H and O–H groups in total. The minimum atomic E-state index is 0.407. The summed E-state index contributed by atoms with van der Waals surface area (Å²) in [5.74, 6) is 2.45. The number of hydrogen-bond donors (Lipinski definition) is 2.